The van der Waals surface area contributed by atoms with E-state index < -0.39 is 4.92 Å². The van der Waals surface area contributed by atoms with Crippen molar-refractivity contribution in [3.63, 3.8) is 0 Å². The second-order valence-electron chi connectivity index (χ2n) is 3.74. The first-order valence-corrected chi connectivity index (χ1v) is 5.82. The zero-order chi connectivity index (χ0) is 14.7. The monoisotopic (exact) mass is 295 g/mol. The van der Waals surface area contributed by atoms with Crippen LogP contribution in [0.15, 0.2) is 24.3 Å². The molecule has 3 N–H and O–H groups in total. The van der Waals surface area contributed by atoms with E-state index >= 15 is 0 Å². The summed E-state index contributed by atoms with van der Waals surface area (Å²) in [6.07, 6.45) is 0. The van der Waals surface area contributed by atoms with E-state index in [-0.39, 0.29) is 23.2 Å². The van der Waals surface area contributed by atoms with E-state index in [2.05, 4.69) is 15.4 Å². The number of benzene rings is 1. The maximum absolute atomic E-state index is 11.1. The summed E-state index contributed by atoms with van der Waals surface area (Å²) in [4.78, 5) is 18.1. The van der Waals surface area contributed by atoms with Gasteiger partial charge >= 0.3 is 11.6 Å². The Kier molecular flexibility index (Phi) is 3.97. The largest absolute Gasteiger partial charge is 0.434 e. The molecule has 20 heavy (non-hydrogen) atoms. The molecule has 0 amide bonds. The number of hydrazine groups is 1. The molecule has 1 aromatic carbocycles. The number of nitrogens with zero attached hydrogens (tertiary/aromatic N) is 3. The van der Waals surface area contributed by atoms with E-state index in [0.29, 0.717) is 10.8 Å². The van der Waals surface area contributed by atoms with Crippen molar-refractivity contribution < 1.29 is 9.66 Å². The lowest BCUT2D eigenvalue weighted by Crippen LogP contribution is -2.12. The van der Waals surface area contributed by atoms with Crippen LogP contribution in [0.25, 0.3) is 0 Å². The van der Waals surface area contributed by atoms with E-state index in [9.17, 15) is 10.1 Å². The summed E-state index contributed by atoms with van der Waals surface area (Å²) in [6, 6.07) is 6.33. The van der Waals surface area contributed by atoms with Gasteiger partial charge in [0.1, 0.15) is 11.4 Å². The van der Waals surface area contributed by atoms with Gasteiger partial charge in [-0.3, -0.25) is 15.5 Å². The molecule has 0 atom stereocenters. The summed E-state index contributed by atoms with van der Waals surface area (Å²) in [5.74, 6) is 5.40. The molecule has 2 aromatic rings. The summed E-state index contributed by atoms with van der Waals surface area (Å²) >= 11 is 5.75. The molecule has 2 rings (SSSR count). The van der Waals surface area contributed by atoms with Gasteiger partial charge in [0.05, 0.1) is 4.92 Å². The van der Waals surface area contributed by atoms with E-state index in [1.807, 2.05) is 0 Å². The molecule has 1 aromatic heterocycles. The molecule has 0 saturated heterocycles. The molecule has 8 nitrogen and oxygen atoms in total. The Morgan fingerprint density at radius 3 is 2.55 bits per heavy atom. The SMILES string of the molecule is Cc1nc(NN)nc(Oc2ccc(Cl)cc2)c1[N+](=O)[O-]. The van der Waals surface area contributed by atoms with Gasteiger partial charge in [-0.1, -0.05) is 11.6 Å². The molecule has 0 fully saturated rings. The molecule has 0 aliphatic carbocycles. The van der Waals surface area contributed by atoms with Crippen LogP contribution in [0.1, 0.15) is 5.69 Å². The fourth-order valence-corrected chi connectivity index (χ4v) is 1.63. The van der Waals surface area contributed by atoms with Crippen LogP contribution in [0.5, 0.6) is 11.6 Å². The van der Waals surface area contributed by atoms with Crippen LogP contribution >= 0.6 is 11.6 Å². The molecule has 0 radical (unpaired) electrons. The summed E-state index contributed by atoms with van der Waals surface area (Å²) in [7, 11) is 0. The van der Waals surface area contributed by atoms with Crippen LogP contribution in [0.3, 0.4) is 0 Å². The Morgan fingerprint density at radius 2 is 2.00 bits per heavy atom. The minimum atomic E-state index is -0.610. The standard InChI is InChI=1S/C11H10ClN5O3/c1-6-9(17(18)19)10(15-11(14-6)16-13)20-8-4-2-7(12)3-5-8/h2-5H,13H2,1H3,(H,14,15,16). The quantitative estimate of drug-likeness (QED) is 0.505. The van der Waals surface area contributed by atoms with E-state index in [0.717, 1.165) is 0 Å². The van der Waals surface area contributed by atoms with Crippen LogP contribution in [-0.4, -0.2) is 14.9 Å². The highest BCUT2D eigenvalue weighted by Crippen LogP contribution is 2.32. The lowest BCUT2D eigenvalue weighted by atomic mass is 10.3. The molecule has 9 heteroatoms. The Bertz CT molecular complexity index is 647. The Balaban J connectivity index is 2.45. The molecule has 0 saturated carbocycles. The van der Waals surface area contributed by atoms with E-state index in [1.165, 1.54) is 6.92 Å². The van der Waals surface area contributed by atoms with Crippen LogP contribution in [-0.2, 0) is 0 Å². The highest BCUT2D eigenvalue weighted by Gasteiger charge is 2.24. The summed E-state index contributed by atoms with van der Waals surface area (Å²) in [5, 5.41) is 11.6. The second-order valence-corrected chi connectivity index (χ2v) is 4.18. The molecule has 0 spiro atoms. The van der Waals surface area contributed by atoms with Crippen molar-refractivity contribution >= 4 is 23.2 Å². The second kappa shape index (κ2) is 5.68. The van der Waals surface area contributed by atoms with Gasteiger partial charge in [-0.05, 0) is 31.2 Å². The Morgan fingerprint density at radius 1 is 1.35 bits per heavy atom. The Hall–Kier alpha value is -2.45. The van der Waals surface area contributed by atoms with Gasteiger partial charge in [-0.15, -0.1) is 0 Å². The Labute approximate surface area is 118 Å². The van der Waals surface area contributed by atoms with Crippen molar-refractivity contribution in [2.24, 2.45) is 5.84 Å². The highest BCUT2D eigenvalue weighted by molar-refractivity contribution is 6.30. The van der Waals surface area contributed by atoms with Crippen LogP contribution in [0, 0.1) is 17.0 Å². The van der Waals surface area contributed by atoms with Crippen LogP contribution in [0.2, 0.25) is 5.02 Å². The molecule has 104 valence electrons. The van der Waals surface area contributed by atoms with Crippen molar-refractivity contribution in [3.05, 3.63) is 45.1 Å². The van der Waals surface area contributed by atoms with Gasteiger partial charge in [-0.2, -0.15) is 4.98 Å². The minimum Gasteiger partial charge on any atom is -0.434 e. The number of anilines is 1. The first-order chi connectivity index (χ1) is 9.51. The lowest BCUT2D eigenvalue weighted by molar-refractivity contribution is -0.386. The zero-order valence-electron chi connectivity index (χ0n) is 10.3. The highest BCUT2D eigenvalue weighted by atomic mass is 35.5. The molecule has 1 heterocycles. The predicted octanol–water partition coefficient (Wildman–Crippen LogP) is 2.42. The molecule has 0 aliphatic rings. The van der Waals surface area contributed by atoms with E-state index in [4.69, 9.17) is 22.2 Å². The number of ether oxygens (including phenoxy) is 1. The third kappa shape index (κ3) is 2.92. The number of aryl methyl sites for hydroxylation is 1. The fraction of sp³-hybridized carbons (Fsp3) is 0.0909. The van der Waals surface area contributed by atoms with Gasteiger partial charge in [-0.25, -0.2) is 10.8 Å². The van der Waals surface area contributed by atoms with Crippen LogP contribution < -0.4 is 16.0 Å². The number of nitrogens with two attached hydrogens (primary N) is 1. The number of nitro groups is 1. The maximum atomic E-state index is 11.1. The average Bonchev–Trinajstić information content (AvgIpc) is 2.40. The number of hydrogen-bond donors (Lipinski definition) is 2. The van der Waals surface area contributed by atoms with Crippen molar-refractivity contribution in [1.82, 2.24) is 9.97 Å². The molecule has 0 bridgehead atoms. The van der Waals surface area contributed by atoms with Gasteiger partial charge in [0.25, 0.3) is 0 Å². The van der Waals surface area contributed by atoms with Crippen molar-refractivity contribution in [1.29, 1.82) is 0 Å². The predicted molar refractivity (Wildman–Crippen MR) is 72.8 cm³/mol. The average molecular weight is 296 g/mol. The minimum absolute atomic E-state index is 0.0251. The maximum Gasteiger partial charge on any atom is 0.352 e. The number of nitrogens with one attached hydrogen (secondary N) is 1. The number of halogens is 1. The van der Waals surface area contributed by atoms with Crippen LogP contribution in [0.4, 0.5) is 11.6 Å². The van der Waals surface area contributed by atoms with Crippen molar-refractivity contribution in [3.8, 4) is 11.6 Å². The summed E-state index contributed by atoms with van der Waals surface area (Å²) < 4.78 is 5.40. The third-order valence-corrected chi connectivity index (χ3v) is 2.62. The van der Waals surface area contributed by atoms with Gasteiger partial charge < -0.3 is 4.74 Å². The van der Waals surface area contributed by atoms with E-state index in [1.54, 1.807) is 24.3 Å². The zero-order valence-corrected chi connectivity index (χ0v) is 11.1. The summed E-state index contributed by atoms with van der Waals surface area (Å²) in [5.41, 5.74) is 2.04. The number of rotatable bonds is 4. The smallest absolute Gasteiger partial charge is 0.352 e. The lowest BCUT2D eigenvalue weighted by Gasteiger charge is -2.08. The van der Waals surface area contributed by atoms with Crippen molar-refractivity contribution in [2.75, 3.05) is 5.43 Å². The molecule has 0 aliphatic heterocycles. The fourth-order valence-electron chi connectivity index (χ4n) is 1.50. The number of nitrogen functional groups attached to an aromatic ring is 1. The normalized spacial score (nSPS) is 10.2. The number of aromatic nitrogens is 2. The third-order valence-electron chi connectivity index (χ3n) is 2.37. The van der Waals surface area contributed by atoms with Gasteiger partial charge in [0, 0.05) is 5.02 Å². The topological polar surface area (TPSA) is 116 Å². The van der Waals surface area contributed by atoms with Gasteiger partial charge in [0.15, 0.2) is 0 Å². The molecular formula is C11H10ClN5O3. The van der Waals surface area contributed by atoms with Gasteiger partial charge in [0.2, 0.25) is 5.95 Å². The van der Waals surface area contributed by atoms with Crippen molar-refractivity contribution in [2.45, 2.75) is 6.92 Å². The first-order valence-electron chi connectivity index (χ1n) is 5.44. The number of hydrogen-bond acceptors (Lipinski definition) is 7. The molecule has 0 unspecified atom stereocenters. The molecular weight excluding hydrogens is 286 g/mol. The summed E-state index contributed by atoms with van der Waals surface area (Å²) in [6.45, 7) is 1.47. The first kappa shape index (κ1) is 14.0.